The van der Waals surface area contributed by atoms with E-state index in [-0.39, 0.29) is 11.0 Å². The lowest BCUT2D eigenvalue weighted by atomic mass is 10.2. The van der Waals surface area contributed by atoms with Gasteiger partial charge in [0.25, 0.3) is 5.91 Å². The van der Waals surface area contributed by atoms with E-state index < -0.39 is 0 Å². The third-order valence-corrected chi connectivity index (χ3v) is 4.91. The Balaban J connectivity index is 1.54. The van der Waals surface area contributed by atoms with Crippen LogP contribution in [0.2, 0.25) is 0 Å². The number of anilines is 3. The summed E-state index contributed by atoms with van der Waals surface area (Å²) in [7, 11) is 0. The smallest absolute Gasteiger partial charge is 0.257 e. The molecule has 154 valence electrons. The summed E-state index contributed by atoms with van der Waals surface area (Å²) in [5.41, 5.74) is 3.23. The highest BCUT2D eigenvalue weighted by Gasteiger charge is 2.11. The molecule has 1 amide bonds. The van der Waals surface area contributed by atoms with E-state index in [1.807, 2.05) is 61.5 Å². The highest BCUT2D eigenvalue weighted by molar-refractivity contribution is 9.10. The van der Waals surface area contributed by atoms with Crippen molar-refractivity contribution in [1.82, 2.24) is 5.32 Å². The molecule has 0 atom stereocenters. The number of ether oxygens (including phenoxy) is 1. The fourth-order valence-electron chi connectivity index (χ4n) is 2.63. The summed E-state index contributed by atoms with van der Waals surface area (Å²) in [6.45, 7) is 2.66. The maximum atomic E-state index is 12.5. The summed E-state index contributed by atoms with van der Waals surface area (Å²) in [5.74, 6) is 0.413. The van der Waals surface area contributed by atoms with Crippen LogP contribution >= 0.6 is 28.1 Å². The number of rotatable bonds is 7. The Hall–Kier alpha value is -2.90. The van der Waals surface area contributed by atoms with Gasteiger partial charge in [-0.05, 0) is 89.2 Å². The number of benzene rings is 3. The standard InChI is InChI=1S/C23H22BrN3O2S/c1-2-14-29-21-13-8-16(15-20(21)24)22(28)27-23(30)26-19-11-9-18(10-12-19)25-17-6-4-3-5-7-17/h3-13,15,25H,2,14H2,1H3,(H2,26,27,28,30). The van der Waals surface area contributed by atoms with Crippen molar-refractivity contribution in [3.05, 3.63) is 82.8 Å². The molecule has 0 unspecified atom stereocenters. The van der Waals surface area contributed by atoms with E-state index in [0.29, 0.717) is 17.9 Å². The van der Waals surface area contributed by atoms with E-state index in [0.717, 1.165) is 28.0 Å². The normalized spacial score (nSPS) is 10.2. The molecule has 0 fully saturated rings. The van der Waals surface area contributed by atoms with Gasteiger partial charge in [0, 0.05) is 22.6 Å². The molecule has 30 heavy (non-hydrogen) atoms. The minimum absolute atomic E-state index is 0.228. The molecule has 0 aliphatic rings. The number of hydrogen-bond donors (Lipinski definition) is 3. The third kappa shape index (κ3) is 6.30. The second-order valence-electron chi connectivity index (χ2n) is 6.47. The first kappa shape index (κ1) is 21.8. The number of nitrogens with one attached hydrogen (secondary N) is 3. The summed E-state index contributed by atoms with van der Waals surface area (Å²) in [6, 6.07) is 22.8. The number of para-hydroxylation sites is 1. The first-order chi connectivity index (χ1) is 14.5. The van der Waals surface area contributed by atoms with Crippen LogP contribution in [0, 0.1) is 0 Å². The molecule has 0 heterocycles. The lowest BCUT2D eigenvalue weighted by Gasteiger charge is -2.12. The van der Waals surface area contributed by atoms with Crippen LogP contribution in [-0.4, -0.2) is 17.6 Å². The quantitative estimate of drug-likeness (QED) is 0.354. The monoisotopic (exact) mass is 483 g/mol. The molecule has 0 aliphatic carbocycles. The van der Waals surface area contributed by atoms with Crippen molar-refractivity contribution in [2.75, 3.05) is 17.2 Å². The van der Waals surface area contributed by atoms with Crippen molar-refractivity contribution in [1.29, 1.82) is 0 Å². The topological polar surface area (TPSA) is 62.4 Å². The third-order valence-electron chi connectivity index (χ3n) is 4.09. The van der Waals surface area contributed by atoms with Gasteiger partial charge in [0.2, 0.25) is 0 Å². The second-order valence-corrected chi connectivity index (χ2v) is 7.73. The molecule has 3 rings (SSSR count). The lowest BCUT2D eigenvalue weighted by Crippen LogP contribution is -2.34. The SMILES string of the molecule is CCCOc1ccc(C(=O)NC(=S)Nc2ccc(Nc3ccccc3)cc2)cc1Br. The Bertz CT molecular complexity index is 1010. The van der Waals surface area contributed by atoms with Crippen LogP contribution in [0.3, 0.4) is 0 Å². The van der Waals surface area contributed by atoms with Gasteiger partial charge in [0.05, 0.1) is 11.1 Å². The number of carbonyl (C=O) groups excluding carboxylic acids is 1. The lowest BCUT2D eigenvalue weighted by molar-refractivity contribution is 0.0977. The van der Waals surface area contributed by atoms with Gasteiger partial charge in [-0.3, -0.25) is 10.1 Å². The minimum atomic E-state index is -0.294. The van der Waals surface area contributed by atoms with Gasteiger partial charge in [-0.25, -0.2) is 0 Å². The van der Waals surface area contributed by atoms with E-state index >= 15 is 0 Å². The summed E-state index contributed by atoms with van der Waals surface area (Å²) in [5, 5.41) is 9.26. The van der Waals surface area contributed by atoms with Crippen molar-refractivity contribution in [3.8, 4) is 5.75 Å². The zero-order chi connectivity index (χ0) is 21.3. The number of carbonyl (C=O) groups is 1. The molecule has 3 aromatic carbocycles. The van der Waals surface area contributed by atoms with Crippen molar-refractivity contribution in [2.24, 2.45) is 0 Å². The summed E-state index contributed by atoms with van der Waals surface area (Å²) in [6.07, 6.45) is 0.915. The van der Waals surface area contributed by atoms with Crippen LogP contribution in [-0.2, 0) is 0 Å². The largest absolute Gasteiger partial charge is 0.492 e. The Labute approximate surface area is 190 Å². The maximum absolute atomic E-state index is 12.5. The molecule has 0 aromatic heterocycles. The number of hydrogen-bond acceptors (Lipinski definition) is 4. The average molecular weight is 484 g/mol. The van der Waals surface area contributed by atoms with Crippen LogP contribution in [0.5, 0.6) is 5.75 Å². The molecule has 0 saturated heterocycles. The van der Waals surface area contributed by atoms with Crippen LogP contribution in [0.25, 0.3) is 0 Å². The highest BCUT2D eigenvalue weighted by atomic mass is 79.9. The Morgan fingerprint density at radius 3 is 2.30 bits per heavy atom. The summed E-state index contributed by atoms with van der Waals surface area (Å²) >= 11 is 8.71. The molecule has 0 saturated carbocycles. The molecule has 7 heteroatoms. The summed E-state index contributed by atoms with van der Waals surface area (Å²) in [4.78, 5) is 12.5. The molecule has 0 bridgehead atoms. The van der Waals surface area contributed by atoms with Crippen molar-refractivity contribution >= 4 is 56.2 Å². The van der Waals surface area contributed by atoms with Gasteiger partial charge in [0.15, 0.2) is 5.11 Å². The van der Waals surface area contributed by atoms with Crippen molar-refractivity contribution < 1.29 is 9.53 Å². The first-order valence-corrected chi connectivity index (χ1v) is 10.7. The Morgan fingerprint density at radius 1 is 0.967 bits per heavy atom. The predicted octanol–water partition coefficient (Wildman–Crippen LogP) is 6.11. The van der Waals surface area contributed by atoms with Gasteiger partial charge in [-0.2, -0.15) is 0 Å². The maximum Gasteiger partial charge on any atom is 0.257 e. The van der Waals surface area contributed by atoms with Crippen LogP contribution in [0.15, 0.2) is 77.3 Å². The number of halogens is 1. The van der Waals surface area contributed by atoms with Crippen LogP contribution < -0.4 is 20.7 Å². The van der Waals surface area contributed by atoms with Gasteiger partial charge < -0.3 is 15.4 Å². The molecule has 0 spiro atoms. The number of amides is 1. The average Bonchev–Trinajstić information content (AvgIpc) is 2.75. The highest BCUT2D eigenvalue weighted by Crippen LogP contribution is 2.26. The molecule has 5 nitrogen and oxygen atoms in total. The van der Waals surface area contributed by atoms with E-state index in [2.05, 4.69) is 31.9 Å². The van der Waals surface area contributed by atoms with Crippen LogP contribution in [0.4, 0.5) is 17.1 Å². The predicted molar refractivity (Wildman–Crippen MR) is 130 cm³/mol. The first-order valence-electron chi connectivity index (χ1n) is 9.52. The van der Waals surface area contributed by atoms with Gasteiger partial charge >= 0.3 is 0 Å². The van der Waals surface area contributed by atoms with E-state index in [9.17, 15) is 4.79 Å². The van der Waals surface area contributed by atoms with Gasteiger partial charge in [0.1, 0.15) is 5.75 Å². The fourth-order valence-corrected chi connectivity index (χ4v) is 3.34. The molecule has 3 aromatic rings. The van der Waals surface area contributed by atoms with Gasteiger partial charge in [-0.1, -0.05) is 25.1 Å². The van der Waals surface area contributed by atoms with E-state index in [1.165, 1.54) is 0 Å². The molecule has 0 aliphatic heterocycles. The Morgan fingerprint density at radius 2 is 1.63 bits per heavy atom. The fraction of sp³-hybridized carbons (Fsp3) is 0.130. The number of thiocarbonyl (C=S) groups is 1. The van der Waals surface area contributed by atoms with Crippen molar-refractivity contribution in [3.63, 3.8) is 0 Å². The molecule has 0 radical (unpaired) electrons. The minimum Gasteiger partial charge on any atom is -0.492 e. The molecular weight excluding hydrogens is 462 g/mol. The van der Waals surface area contributed by atoms with E-state index in [4.69, 9.17) is 17.0 Å². The Kier molecular flexibility index (Phi) is 7.82. The van der Waals surface area contributed by atoms with Gasteiger partial charge in [-0.15, -0.1) is 0 Å². The van der Waals surface area contributed by atoms with Crippen LogP contribution in [0.1, 0.15) is 23.7 Å². The molecular formula is C23H22BrN3O2S. The van der Waals surface area contributed by atoms with Crippen molar-refractivity contribution in [2.45, 2.75) is 13.3 Å². The summed E-state index contributed by atoms with van der Waals surface area (Å²) < 4.78 is 6.33. The van der Waals surface area contributed by atoms with E-state index in [1.54, 1.807) is 18.2 Å². The zero-order valence-electron chi connectivity index (χ0n) is 16.4. The zero-order valence-corrected chi connectivity index (χ0v) is 18.8. The molecule has 3 N–H and O–H groups in total. The second kappa shape index (κ2) is 10.8.